The fourth-order valence-electron chi connectivity index (χ4n) is 2.72. The average molecular weight is 315 g/mol. The molecule has 114 valence electrons. The molecule has 0 spiro atoms. The average Bonchev–Trinajstić information content (AvgIpc) is 3.19. The molecule has 0 unspecified atom stereocenters. The highest BCUT2D eigenvalue weighted by Crippen LogP contribution is 2.50. The standard InChI is InChI=1S/C17H17NO3S/c1-10-7-8-22-15(10)12-9-13(12)16(19)18-14(17(20)21)11-5-3-2-4-6-11/h2-8,12-14H,9H2,1H3,(H,18,19)(H,20,21)/t12-,13-,14-/m1/s1. The van der Waals surface area contributed by atoms with Crippen LogP contribution in [0.5, 0.6) is 0 Å². The van der Waals surface area contributed by atoms with E-state index in [1.165, 1.54) is 10.4 Å². The highest BCUT2D eigenvalue weighted by Gasteiger charge is 2.46. The van der Waals surface area contributed by atoms with Gasteiger partial charge >= 0.3 is 5.97 Å². The van der Waals surface area contributed by atoms with Crippen LogP contribution < -0.4 is 5.32 Å². The third-order valence-corrected chi connectivity index (χ3v) is 5.18. The molecule has 0 saturated heterocycles. The quantitative estimate of drug-likeness (QED) is 0.891. The normalized spacial score (nSPS) is 21.1. The molecule has 3 rings (SSSR count). The topological polar surface area (TPSA) is 66.4 Å². The summed E-state index contributed by atoms with van der Waals surface area (Å²) in [5.41, 5.74) is 1.80. The van der Waals surface area contributed by atoms with Crippen molar-refractivity contribution in [1.29, 1.82) is 0 Å². The third-order valence-electron chi connectivity index (χ3n) is 4.03. The molecule has 1 amide bonds. The second-order valence-corrected chi connectivity index (χ2v) is 6.55. The summed E-state index contributed by atoms with van der Waals surface area (Å²) >= 11 is 1.67. The molecule has 2 N–H and O–H groups in total. The van der Waals surface area contributed by atoms with Crippen LogP contribution in [-0.2, 0) is 9.59 Å². The lowest BCUT2D eigenvalue weighted by Gasteiger charge is -2.14. The highest BCUT2D eigenvalue weighted by atomic mass is 32.1. The minimum atomic E-state index is -1.04. The summed E-state index contributed by atoms with van der Waals surface area (Å²) in [5, 5.41) is 14.1. The van der Waals surface area contributed by atoms with E-state index in [2.05, 4.69) is 11.4 Å². The zero-order chi connectivity index (χ0) is 15.7. The lowest BCUT2D eigenvalue weighted by Crippen LogP contribution is -2.34. The third kappa shape index (κ3) is 2.90. The van der Waals surface area contributed by atoms with E-state index in [1.807, 2.05) is 18.4 Å². The molecular weight excluding hydrogens is 298 g/mol. The van der Waals surface area contributed by atoms with E-state index < -0.39 is 12.0 Å². The van der Waals surface area contributed by atoms with Crippen LogP contribution >= 0.6 is 11.3 Å². The highest BCUT2D eigenvalue weighted by molar-refractivity contribution is 7.10. The van der Waals surface area contributed by atoms with Crippen molar-refractivity contribution < 1.29 is 14.7 Å². The number of hydrogen-bond acceptors (Lipinski definition) is 3. The number of carboxylic acids is 1. The van der Waals surface area contributed by atoms with E-state index in [0.717, 1.165) is 6.42 Å². The molecule has 0 radical (unpaired) electrons. The van der Waals surface area contributed by atoms with Crippen LogP contribution in [-0.4, -0.2) is 17.0 Å². The number of aliphatic carboxylic acids is 1. The van der Waals surface area contributed by atoms with Crippen molar-refractivity contribution >= 4 is 23.2 Å². The number of carboxylic acid groups (broad SMARTS) is 1. The van der Waals surface area contributed by atoms with Gasteiger partial charge in [-0.15, -0.1) is 11.3 Å². The number of aryl methyl sites for hydroxylation is 1. The van der Waals surface area contributed by atoms with Gasteiger partial charge in [-0.05, 0) is 35.9 Å². The summed E-state index contributed by atoms with van der Waals surface area (Å²) in [7, 11) is 0. The molecule has 5 heteroatoms. The predicted molar refractivity (Wildman–Crippen MR) is 84.9 cm³/mol. The number of benzene rings is 1. The van der Waals surface area contributed by atoms with E-state index in [1.54, 1.807) is 35.6 Å². The second kappa shape index (κ2) is 5.93. The largest absolute Gasteiger partial charge is 0.479 e. The minimum absolute atomic E-state index is 0.108. The Morgan fingerprint density at radius 3 is 2.59 bits per heavy atom. The Hall–Kier alpha value is -2.14. The predicted octanol–water partition coefficient (Wildman–Crippen LogP) is 3.10. The maximum Gasteiger partial charge on any atom is 0.330 e. The van der Waals surface area contributed by atoms with Crippen LogP contribution in [0.4, 0.5) is 0 Å². The van der Waals surface area contributed by atoms with Gasteiger partial charge in [0.25, 0.3) is 0 Å². The van der Waals surface area contributed by atoms with Crippen molar-refractivity contribution in [3.63, 3.8) is 0 Å². The first-order valence-corrected chi connectivity index (χ1v) is 8.08. The number of thiophene rings is 1. The molecule has 2 aromatic rings. The summed E-state index contributed by atoms with van der Waals surface area (Å²) in [6, 6.07) is 9.86. The number of carbonyl (C=O) groups is 2. The molecule has 22 heavy (non-hydrogen) atoms. The number of carbonyl (C=O) groups excluding carboxylic acids is 1. The molecule has 0 aliphatic heterocycles. The van der Waals surface area contributed by atoms with Gasteiger partial charge in [-0.3, -0.25) is 4.79 Å². The number of rotatable bonds is 5. The Morgan fingerprint density at radius 1 is 1.27 bits per heavy atom. The first-order chi connectivity index (χ1) is 10.6. The maximum atomic E-state index is 12.3. The number of nitrogens with one attached hydrogen (secondary N) is 1. The van der Waals surface area contributed by atoms with Crippen LogP contribution in [0.2, 0.25) is 0 Å². The Morgan fingerprint density at radius 2 is 2.00 bits per heavy atom. The number of hydrogen-bond donors (Lipinski definition) is 2. The van der Waals surface area contributed by atoms with E-state index in [9.17, 15) is 14.7 Å². The van der Waals surface area contributed by atoms with Crippen molar-refractivity contribution in [3.8, 4) is 0 Å². The summed E-state index contributed by atoms with van der Waals surface area (Å²) in [6.07, 6.45) is 0.800. The molecule has 1 fully saturated rings. The fourth-order valence-corrected chi connectivity index (χ4v) is 3.83. The van der Waals surface area contributed by atoms with E-state index in [0.29, 0.717) is 5.56 Å². The molecular formula is C17H17NO3S. The van der Waals surface area contributed by atoms with Gasteiger partial charge in [-0.25, -0.2) is 4.79 Å². The molecule has 1 heterocycles. The van der Waals surface area contributed by atoms with Crippen LogP contribution in [0.3, 0.4) is 0 Å². The molecule has 0 bridgehead atoms. The van der Waals surface area contributed by atoms with Gasteiger partial charge in [0.2, 0.25) is 5.91 Å². The van der Waals surface area contributed by atoms with Crippen molar-refractivity contribution in [2.24, 2.45) is 5.92 Å². The summed E-state index contributed by atoms with van der Waals surface area (Å²) in [5.74, 6) is -1.08. The Bertz CT molecular complexity index is 695. The van der Waals surface area contributed by atoms with Crippen molar-refractivity contribution in [3.05, 3.63) is 57.8 Å². The Kier molecular flexibility index (Phi) is 3.98. The second-order valence-electron chi connectivity index (χ2n) is 5.61. The lowest BCUT2D eigenvalue weighted by atomic mass is 10.1. The van der Waals surface area contributed by atoms with Gasteiger partial charge in [0.05, 0.1) is 0 Å². The van der Waals surface area contributed by atoms with Gasteiger partial charge in [-0.1, -0.05) is 30.3 Å². The molecule has 4 nitrogen and oxygen atoms in total. The Labute approximate surface area is 132 Å². The van der Waals surface area contributed by atoms with Gasteiger partial charge < -0.3 is 10.4 Å². The molecule has 3 atom stereocenters. The first-order valence-electron chi connectivity index (χ1n) is 7.20. The van der Waals surface area contributed by atoms with Gasteiger partial charge in [0.15, 0.2) is 6.04 Å². The SMILES string of the molecule is Cc1ccsc1[C@@H]1C[C@H]1C(=O)N[C@@H](C(=O)O)c1ccccc1. The van der Waals surface area contributed by atoms with Gasteiger partial charge in [0.1, 0.15) is 0 Å². The van der Waals surface area contributed by atoms with Crippen molar-refractivity contribution in [2.75, 3.05) is 0 Å². The van der Waals surface area contributed by atoms with Gasteiger partial charge in [-0.2, -0.15) is 0 Å². The summed E-state index contributed by atoms with van der Waals surface area (Å²) in [6.45, 7) is 2.04. The lowest BCUT2D eigenvalue weighted by molar-refractivity contribution is -0.142. The molecule has 1 aliphatic rings. The Balaban J connectivity index is 1.69. The van der Waals surface area contributed by atoms with Crippen LogP contribution in [0, 0.1) is 12.8 Å². The molecule has 1 aliphatic carbocycles. The first kappa shape index (κ1) is 14.8. The van der Waals surface area contributed by atoms with Gasteiger partial charge in [0, 0.05) is 16.7 Å². The summed E-state index contributed by atoms with van der Waals surface area (Å²) < 4.78 is 0. The molecule has 1 aromatic heterocycles. The number of amides is 1. The maximum absolute atomic E-state index is 12.3. The van der Waals surface area contributed by atoms with E-state index in [4.69, 9.17) is 0 Å². The van der Waals surface area contributed by atoms with Crippen LogP contribution in [0.25, 0.3) is 0 Å². The zero-order valence-electron chi connectivity index (χ0n) is 12.2. The zero-order valence-corrected chi connectivity index (χ0v) is 13.0. The summed E-state index contributed by atoms with van der Waals surface area (Å²) in [4.78, 5) is 25.0. The monoisotopic (exact) mass is 315 g/mol. The van der Waals surface area contributed by atoms with Crippen molar-refractivity contribution in [1.82, 2.24) is 5.32 Å². The van der Waals surface area contributed by atoms with Crippen LogP contribution in [0.15, 0.2) is 41.8 Å². The fraction of sp³-hybridized carbons (Fsp3) is 0.294. The molecule has 1 saturated carbocycles. The molecule has 1 aromatic carbocycles. The van der Waals surface area contributed by atoms with Crippen molar-refractivity contribution in [2.45, 2.75) is 25.3 Å². The minimum Gasteiger partial charge on any atom is -0.479 e. The smallest absolute Gasteiger partial charge is 0.330 e. The van der Waals surface area contributed by atoms with Crippen LogP contribution in [0.1, 0.15) is 34.4 Å². The van der Waals surface area contributed by atoms with E-state index in [-0.39, 0.29) is 17.7 Å². The van der Waals surface area contributed by atoms with E-state index >= 15 is 0 Å².